The van der Waals surface area contributed by atoms with E-state index in [1.165, 1.54) is 0 Å². The first kappa shape index (κ1) is 9.63. The van der Waals surface area contributed by atoms with Gasteiger partial charge in [-0.2, -0.15) is 0 Å². The molecule has 0 aromatic heterocycles. The summed E-state index contributed by atoms with van der Waals surface area (Å²) in [7, 11) is 0. The Morgan fingerprint density at radius 2 is 1.90 bits per heavy atom. The van der Waals surface area contributed by atoms with E-state index in [1.54, 1.807) is 0 Å². The molecule has 0 heterocycles. The highest BCUT2D eigenvalue weighted by atomic mass is 35.5. The summed E-state index contributed by atoms with van der Waals surface area (Å²) in [5.74, 6) is -0.233. The Labute approximate surface area is 65.6 Å². The first-order valence-corrected chi connectivity index (χ1v) is 3.83. The van der Waals surface area contributed by atoms with E-state index in [4.69, 9.17) is 11.6 Å². The highest BCUT2D eigenvalue weighted by Crippen LogP contribution is 1.95. The molecule has 0 amide bonds. The third kappa shape index (κ3) is 4.50. The normalized spacial score (nSPS) is 9.40. The van der Waals surface area contributed by atoms with Gasteiger partial charge in [0.05, 0.1) is 12.3 Å². The van der Waals surface area contributed by atoms with Gasteiger partial charge in [-0.25, -0.2) is 0 Å². The van der Waals surface area contributed by atoms with E-state index < -0.39 is 0 Å². The van der Waals surface area contributed by atoms with Crippen molar-refractivity contribution in [3.05, 3.63) is 0 Å². The van der Waals surface area contributed by atoms with Crippen LogP contribution in [-0.2, 0) is 9.59 Å². The highest BCUT2D eigenvalue weighted by Gasteiger charge is 2.05. The van der Waals surface area contributed by atoms with Gasteiger partial charge < -0.3 is 0 Å². The molecule has 0 aliphatic heterocycles. The van der Waals surface area contributed by atoms with Crippen molar-refractivity contribution in [2.45, 2.75) is 26.2 Å². The molecule has 0 atom stereocenters. The molecule has 2 nitrogen and oxygen atoms in total. The minimum absolute atomic E-state index is 0.00634. The van der Waals surface area contributed by atoms with Gasteiger partial charge in [-0.1, -0.05) is 6.92 Å². The number of ketones is 2. The Balaban J connectivity index is 3.47. The van der Waals surface area contributed by atoms with Crippen LogP contribution >= 0.6 is 11.6 Å². The van der Waals surface area contributed by atoms with E-state index in [1.807, 2.05) is 6.92 Å². The number of hydrogen-bond acceptors (Lipinski definition) is 2. The Morgan fingerprint density at radius 3 is 2.30 bits per heavy atom. The van der Waals surface area contributed by atoms with E-state index in [0.29, 0.717) is 6.42 Å². The smallest absolute Gasteiger partial charge is 0.154 e. The van der Waals surface area contributed by atoms with Crippen molar-refractivity contribution < 1.29 is 9.59 Å². The number of Topliss-reactive ketones (excluding diaryl/α,β-unsaturated/α-hetero) is 2. The highest BCUT2D eigenvalue weighted by molar-refractivity contribution is 6.29. The summed E-state index contributed by atoms with van der Waals surface area (Å²) in [6.45, 7) is 1.91. The molecule has 0 fully saturated rings. The number of carbonyl (C=O) groups is 2. The maximum atomic E-state index is 10.7. The summed E-state index contributed by atoms with van der Waals surface area (Å²) in [5.41, 5.74) is 0. The molecule has 0 aliphatic carbocycles. The molecule has 10 heavy (non-hydrogen) atoms. The predicted molar refractivity (Wildman–Crippen MR) is 40.3 cm³/mol. The van der Waals surface area contributed by atoms with Crippen LogP contribution in [0, 0.1) is 0 Å². The van der Waals surface area contributed by atoms with Crippen molar-refractivity contribution in [1.82, 2.24) is 0 Å². The van der Waals surface area contributed by atoms with Gasteiger partial charge in [-0.3, -0.25) is 9.59 Å². The summed E-state index contributed by atoms with van der Waals surface area (Å²) in [5, 5.41) is 0. The molecule has 0 aliphatic rings. The Hall–Kier alpha value is -0.370. The first-order valence-electron chi connectivity index (χ1n) is 3.30. The molecule has 0 radical (unpaired) electrons. The fourth-order valence-corrected chi connectivity index (χ4v) is 0.729. The lowest BCUT2D eigenvalue weighted by Gasteiger charge is -1.93. The fraction of sp³-hybridized carbons (Fsp3) is 0.714. The van der Waals surface area contributed by atoms with Crippen molar-refractivity contribution in [3.63, 3.8) is 0 Å². The molecular formula is C7H11ClO2. The standard InChI is InChI=1S/C7H11ClO2/c1-2-3-6(9)4-7(10)5-8/h2-5H2,1H3. The Kier molecular flexibility index (Phi) is 5.22. The van der Waals surface area contributed by atoms with Crippen LogP contribution < -0.4 is 0 Å². The van der Waals surface area contributed by atoms with E-state index in [-0.39, 0.29) is 23.9 Å². The van der Waals surface area contributed by atoms with Crippen LogP contribution in [0.2, 0.25) is 0 Å². The summed E-state index contributed by atoms with van der Waals surface area (Å²) in [6.07, 6.45) is 1.30. The van der Waals surface area contributed by atoms with E-state index in [0.717, 1.165) is 6.42 Å². The zero-order valence-corrected chi connectivity index (χ0v) is 6.78. The monoisotopic (exact) mass is 162 g/mol. The molecule has 3 heteroatoms. The van der Waals surface area contributed by atoms with Gasteiger partial charge in [0, 0.05) is 6.42 Å². The second-order valence-corrected chi connectivity index (χ2v) is 2.41. The molecule has 0 spiro atoms. The van der Waals surface area contributed by atoms with Crippen molar-refractivity contribution in [2.24, 2.45) is 0 Å². The van der Waals surface area contributed by atoms with E-state index >= 15 is 0 Å². The average molecular weight is 163 g/mol. The third-order valence-electron chi connectivity index (χ3n) is 1.07. The number of alkyl halides is 1. The van der Waals surface area contributed by atoms with Gasteiger partial charge in [0.2, 0.25) is 0 Å². The zero-order chi connectivity index (χ0) is 7.98. The maximum Gasteiger partial charge on any atom is 0.154 e. The number of carbonyl (C=O) groups excluding carboxylic acids is 2. The second kappa shape index (κ2) is 5.42. The lowest BCUT2D eigenvalue weighted by molar-refractivity contribution is -0.125. The van der Waals surface area contributed by atoms with Crippen molar-refractivity contribution in [3.8, 4) is 0 Å². The van der Waals surface area contributed by atoms with Crippen LogP contribution in [0.4, 0.5) is 0 Å². The summed E-state index contributed by atoms with van der Waals surface area (Å²) in [4.78, 5) is 21.3. The minimum Gasteiger partial charge on any atom is -0.299 e. The van der Waals surface area contributed by atoms with E-state index in [9.17, 15) is 9.59 Å². The van der Waals surface area contributed by atoms with Crippen molar-refractivity contribution >= 4 is 23.2 Å². The molecular weight excluding hydrogens is 152 g/mol. The Morgan fingerprint density at radius 1 is 1.30 bits per heavy atom. The van der Waals surface area contributed by atoms with Crippen LogP contribution in [0.1, 0.15) is 26.2 Å². The van der Waals surface area contributed by atoms with Crippen LogP contribution in [0.25, 0.3) is 0 Å². The minimum atomic E-state index is -0.180. The fourth-order valence-electron chi connectivity index (χ4n) is 0.634. The van der Waals surface area contributed by atoms with Crippen molar-refractivity contribution in [2.75, 3.05) is 5.88 Å². The molecule has 0 aromatic carbocycles. The number of hydrogen-bond donors (Lipinski definition) is 0. The zero-order valence-electron chi connectivity index (χ0n) is 6.02. The lowest BCUT2D eigenvalue weighted by Crippen LogP contribution is -2.07. The van der Waals surface area contributed by atoms with Crippen LogP contribution in [0.5, 0.6) is 0 Å². The molecule has 0 aromatic rings. The number of halogens is 1. The van der Waals surface area contributed by atoms with Gasteiger partial charge in [-0.05, 0) is 6.42 Å². The summed E-state index contributed by atoms with van der Waals surface area (Å²) in [6, 6.07) is 0. The van der Waals surface area contributed by atoms with Gasteiger partial charge in [-0.15, -0.1) is 11.6 Å². The SMILES string of the molecule is CCCC(=O)CC(=O)CCl. The molecule has 0 saturated carbocycles. The van der Waals surface area contributed by atoms with Crippen molar-refractivity contribution in [1.29, 1.82) is 0 Å². The second-order valence-electron chi connectivity index (χ2n) is 2.14. The van der Waals surface area contributed by atoms with Gasteiger partial charge in [0.25, 0.3) is 0 Å². The summed E-state index contributed by atoms with van der Waals surface area (Å²) >= 11 is 5.19. The third-order valence-corrected chi connectivity index (χ3v) is 1.37. The molecule has 0 bridgehead atoms. The largest absolute Gasteiger partial charge is 0.299 e. The van der Waals surface area contributed by atoms with Crippen LogP contribution in [-0.4, -0.2) is 17.4 Å². The topological polar surface area (TPSA) is 34.1 Å². The molecule has 0 unspecified atom stereocenters. The van der Waals surface area contributed by atoms with Gasteiger partial charge in [0.15, 0.2) is 5.78 Å². The van der Waals surface area contributed by atoms with E-state index in [2.05, 4.69) is 0 Å². The van der Waals surface area contributed by atoms with Crippen LogP contribution in [0.15, 0.2) is 0 Å². The first-order chi connectivity index (χ1) is 4.70. The molecule has 0 saturated heterocycles. The summed E-state index contributed by atoms with van der Waals surface area (Å²) < 4.78 is 0. The number of rotatable bonds is 5. The lowest BCUT2D eigenvalue weighted by atomic mass is 10.1. The van der Waals surface area contributed by atoms with Crippen LogP contribution in [0.3, 0.4) is 0 Å². The maximum absolute atomic E-state index is 10.7. The Bertz CT molecular complexity index is 132. The van der Waals surface area contributed by atoms with Gasteiger partial charge >= 0.3 is 0 Å². The quantitative estimate of drug-likeness (QED) is 0.454. The van der Waals surface area contributed by atoms with Gasteiger partial charge in [0.1, 0.15) is 5.78 Å². The molecule has 0 rings (SSSR count). The predicted octanol–water partition coefficient (Wildman–Crippen LogP) is 1.55. The molecule has 58 valence electrons. The molecule has 0 N–H and O–H groups in total. The average Bonchev–Trinajstić information content (AvgIpc) is 1.88.